The van der Waals surface area contributed by atoms with Crippen molar-refractivity contribution in [2.24, 2.45) is 0 Å². The van der Waals surface area contributed by atoms with Gasteiger partial charge in [-0.1, -0.05) is 0 Å². The summed E-state index contributed by atoms with van der Waals surface area (Å²) in [6.07, 6.45) is -2.74. The van der Waals surface area contributed by atoms with Crippen LogP contribution >= 0.6 is 0 Å². The Kier molecular flexibility index (Phi) is 7.08. The van der Waals surface area contributed by atoms with Crippen molar-refractivity contribution < 1.29 is 22.6 Å². The Hall–Kier alpha value is -2.48. The first kappa shape index (κ1) is 19.8. The van der Waals surface area contributed by atoms with Crippen LogP contribution < -0.4 is 20.1 Å². The predicted octanol–water partition coefficient (Wildman–Crippen LogP) is 3.71. The number of ether oxygens (including phenoxy) is 2. The van der Waals surface area contributed by atoms with E-state index in [-0.39, 0.29) is 0 Å². The van der Waals surface area contributed by atoms with Gasteiger partial charge in [-0.3, -0.25) is 0 Å². The van der Waals surface area contributed by atoms with E-state index < -0.39 is 11.7 Å². The minimum atomic E-state index is -4.36. The zero-order valence-electron chi connectivity index (χ0n) is 14.7. The van der Waals surface area contributed by atoms with Crippen LogP contribution in [0.15, 0.2) is 36.5 Å². The molecule has 0 radical (unpaired) electrons. The van der Waals surface area contributed by atoms with E-state index in [1.54, 1.807) is 14.2 Å². The van der Waals surface area contributed by atoms with Crippen LogP contribution in [0.25, 0.3) is 0 Å². The maximum atomic E-state index is 12.5. The summed E-state index contributed by atoms with van der Waals surface area (Å²) >= 11 is 0. The molecule has 5 nitrogen and oxygen atoms in total. The topological polar surface area (TPSA) is 55.4 Å². The molecule has 1 heterocycles. The normalized spacial score (nSPS) is 11.3. The second-order valence-electron chi connectivity index (χ2n) is 5.61. The number of methoxy groups -OCH3 is 2. The third-order valence-corrected chi connectivity index (χ3v) is 3.67. The summed E-state index contributed by atoms with van der Waals surface area (Å²) in [7, 11) is 3.21. The van der Waals surface area contributed by atoms with Crippen molar-refractivity contribution in [2.45, 2.75) is 19.1 Å². The highest BCUT2D eigenvalue weighted by Gasteiger charge is 2.30. The molecule has 142 valence electrons. The van der Waals surface area contributed by atoms with Crippen molar-refractivity contribution in [1.82, 2.24) is 10.3 Å². The molecular formula is C18H22F3N3O2. The van der Waals surface area contributed by atoms with E-state index >= 15 is 0 Å². The minimum absolute atomic E-state index is 0.426. The maximum absolute atomic E-state index is 12.5. The van der Waals surface area contributed by atoms with Crippen molar-refractivity contribution in [3.63, 3.8) is 0 Å². The Bertz CT molecular complexity index is 669. The summed E-state index contributed by atoms with van der Waals surface area (Å²) in [5.74, 6) is 1.89. The van der Waals surface area contributed by atoms with Gasteiger partial charge in [0.05, 0.1) is 19.8 Å². The lowest BCUT2D eigenvalue weighted by Gasteiger charge is -2.10. The van der Waals surface area contributed by atoms with E-state index in [4.69, 9.17) is 9.47 Å². The molecular weight excluding hydrogens is 347 g/mol. The number of hydrogen-bond donors (Lipinski definition) is 2. The van der Waals surface area contributed by atoms with E-state index in [2.05, 4.69) is 15.6 Å². The molecule has 0 amide bonds. The Labute approximate surface area is 150 Å². The highest BCUT2D eigenvalue weighted by molar-refractivity contribution is 5.38. The first-order valence-electron chi connectivity index (χ1n) is 8.12. The van der Waals surface area contributed by atoms with Crippen LogP contribution in [0.3, 0.4) is 0 Å². The number of aromatic nitrogens is 1. The van der Waals surface area contributed by atoms with E-state index in [1.807, 2.05) is 18.2 Å². The fourth-order valence-electron chi connectivity index (χ4n) is 2.30. The number of nitrogens with zero attached hydrogens (tertiary/aromatic N) is 1. The van der Waals surface area contributed by atoms with Crippen LogP contribution in [0.5, 0.6) is 11.5 Å². The van der Waals surface area contributed by atoms with Crippen molar-refractivity contribution in [1.29, 1.82) is 0 Å². The molecule has 1 aromatic carbocycles. The van der Waals surface area contributed by atoms with Crippen LogP contribution in [0.2, 0.25) is 0 Å². The largest absolute Gasteiger partial charge is 0.497 e. The fourth-order valence-corrected chi connectivity index (χ4v) is 2.30. The average Bonchev–Trinajstić information content (AvgIpc) is 2.63. The van der Waals surface area contributed by atoms with Gasteiger partial charge in [0.1, 0.15) is 17.3 Å². The van der Waals surface area contributed by atoms with Crippen molar-refractivity contribution in [3.05, 3.63) is 47.7 Å². The molecule has 2 N–H and O–H groups in total. The molecule has 1 aromatic heterocycles. The Morgan fingerprint density at radius 2 is 1.69 bits per heavy atom. The fraction of sp³-hybridized carbons (Fsp3) is 0.389. The van der Waals surface area contributed by atoms with Crippen LogP contribution in [0.1, 0.15) is 17.5 Å². The van der Waals surface area contributed by atoms with Gasteiger partial charge in [0, 0.05) is 25.4 Å². The summed E-state index contributed by atoms with van der Waals surface area (Å²) in [4.78, 5) is 3.77. The van der Waals surface area contributed by atoms with Crippen molar-refractivity contribution >= 4 is 5.82 Å². The highest BCUT2D eigenvalue weighted by atomic mass is 19.4. The molecule has 0 unspecified atom stereocenters. The molecule has 0 saturated carbocycles. The third kappa shape index (κ3) is 6.11. The van der Waals surface area contributed by atoms with Gasteiger partial charge in [0.2, 0.25) is 0 Å². The number of nitrogens with one attached hydrogen (secondary N) is 2. The van der Waals surface area contributed by atoms with E-state index in [9.17, 15) is 13.2 Å². The Balaban J connectivity index is 1.69. The molecule has 26 heavy (non-hydrogen) atoms. The summed E-state index contributed by atoms with van der Waals surface area (Å²) in [5.41, 5.74) is 0.289. The van der Waals surface area contributed by atoms with E-state index in [0.717, 1.165) is 42.3 Å². The summed E-state index contributed by atoms with van der Waals surface area (Å²) < 4.78 is 47.8. The van der Waals surface area contributed by atoms with Crippen LogP contribution in [-0.4, -0.2) is 32.3 Å². The molecule has 0 fully saturated rings. The first-order chi connectivity index (χ1) is 12.4. The summed E-state index contributed by atoms with van der Waals surface area (Å²) in [6.45, 7) is 2.01. The molecule has 0 bridgehead atoms. The van der Waals surface area contributed by atoms with Gasteiger partial charge in [-0.25, -0.2) is 4.98 Å². The summed E-state index contributed by atoms with van der Waals surface area (Å²) in [6, 6.07) is 8.02. The monoisotopic (exact) mass is 369 g/mol. The average molecular weight is 369 g/mol. The Morgan fingerprint density at radius 3 is 2.23 bits per heavy atom. The number of rotatable bonds is 9. The summed E-state index contributed by atoms with van der Waals surface area (Å²) in [5, 5.41) is 6.30. The lowest BCUT2D eigenvalue weighted by molar-refractivity contribution is -0.137. The van der Waals surface area contributed by atoms with Gasteiger partial charge in [-0.05, 0) is 42.8 Å². The lowest BCUT2D eigenvalue weighted by atomic mass is 10.2. The maximum Gasteiger partial charge on any atom is 0.417 e. The number of hydrogen-bond acceptors (Lipinski definition) is 5. The number of alkyl halides is 3. The zero-order chi connectivity index (χ0) is 19.0. The Morgan fingerprint density at radius 1 is 1.00 bits per heavy atom. The van der Waals surface area contributed by atoms with Crippen molar-refractivity contribution in [2.75, 3.05) is 32.6 Å². The predicted molar refractivity (Wildman–Crippen MR) is 93.6 cm³/mol. The second kappa shape index (κ2) is 9.28. The molecule has 0 aliphatic rings. The molecule has 0 aliphatic carbocycles. The van der Waals surface area contributed by atoms with Crippen LogP contribution in [0.4, 0.5) is 19.0 Å². The van der Waals surface area contributed by atoms with Crippen molar-refractivity contribution in [3.8, 4) is 11.5 Å². The smallest absolute Gasteiger partial charge is 0.417 e. The van der Waals surface area contributed by atoms with Gasteiger partial charge in [0.25, 0.3) is 0 Å². The number of halogens is 3. The van der Waals surface area contributed by atoms with Gasteiger partial charge in [-0.15, -0.1) is 0 Å². The quantitative estimate of drug-likeness (QED) is 0.660. The molecule has 0 atom stereocenters. The van der Waals surface area contributed by atoms with Gasteiger partial charge in [0.15, 0.2) is 0 Å². The van der Waals surface area contributed by atoms with Crippen LogP contribution in [0, 0.1) is 0 Å². The molecule has 8 heteroatoms. The zero-order valence-corrected chi connectivity index (χ0v) is 14.7. The van der Waals surface area contributed by atoms with Gasteiger partial charge in [-0.2, -0.15) is 13.2 Å². The molecule has 0 aliphatic heterocycles. The molecule has 2 aromatic rings. The number of pyridine rings is 1. The number of anilines is 1. The highest BCUT2D eigenvalue weighted by Crippen LogP contribution is 2.28. The minimum Gasteiger partial charge on any atom is -0.497 e. The molecule has 0 spiro atoms. The second-order valence-corrected chi connectivity index (χ2v) is 5.61. The standard InChI is InChI=1S/C18H22F3N3O2/c1-25-15-8-13(9-16(10-15)26-2)11-22-6-3-7-23-17-5-4-14(12-24-17)18(19,20)21/h4-5,8-10,12,22H,3,6-7,11H2,1-2H3,(H,23,24). The molecule has 2 rings (SSSR count). The van der Waals surface area contributed by atoms with Crippen LogP contribution in [-0.2, 0) is 12.7 Å². The van der Waals surface area contributed by atoms with E-state index in [0.29, 0.717) is 18.9 Å². The SMILES string of the molecule is COc1cc(CNCCCNc2ccc(C(F)(F)F)cn2)cc(OC)c1. The lowest BCUT2D eigenvalue weighted by Crippen LogP contribution is -2.18. The van der Waals surface area contributed by atoms with Gasteiger partial charge >= 0.3 is 6.18 Å². The number of benzene rings is 1. The van der Waals surface area contributed by atoms with E-state index in [1.165, 1.54) is 6.07 Å². The van der Waals surface area contributed by atoms with Gasteiger partial charge < -0.3 is 20.1 Å². The molecule has 0 saturated heterocycles. The third-order valence-electron chi connectivity index (χ3n) is 3.67. The first-order valence-corrected chi connectivity index (χ1v) is 8.12.